The van der Waals surface area contributed by atoms with Gasteiger partial charge in [-0.15, -0.1) is 0 Å². The van der Waals surface area contributed by atoms with Crippen molar-refractivity contribution in [1.29, 1.82) is 0 Å². The average molecular weight is 222 g/mol. The predicted octanol–water partition coefficient (Wildman–Crippen LogP) is 2.91. The van der Waals surface area contributed by atoms with Crippen molar-refractivity contribution in [1.82, 2.24) is 4.98 Å². The van der Waals surface area contributed by atoms with Gasteiger partial charge in [0.05, 0.1) is 18.0 Å². The first-order valence-electron chi connectivity index (χ1n) is 5.87. The third kappa shape index (κ3) is 4.19. The maximum Gasteiger partial charge on any atom is 0.138 e. The molecule has 3 heteroatoms. The first-order chi connectivity index (χ1) is 7.49. The molecule has 0 fully saturated rings. The largest absolute Gasteiger partial charge is 0.489 e. The van der Waals surface area contributed by atoms with Crippen molar-refractivity contribution in [3.05, 3.63) is 24.0 Å². The second kappa shape index (κ2) is 5.85. The summed E-state index contributed by atoms with van der Waals surface area (Å²) in [6.07, 6.45) is 3.02. The first-order valence-corrected chi connectivity index (χ1v) is 5.87. The van der Waals surface area contributed by atoms with Crippen LogP contribution in [-0.4, -0.2) is 11.1 Å². The Hall–Kier alpha value is -1.09. The van der Waals surface area contributed by atoms with E-state index >= 15 is 0 Å². The van der Waals surface area contributed by atoms with Crippen molar-refractivity contribution in [2.24, 2.45) is 11.7 Å². The molecule has 2 unspecified atom stereocenters. The molecule has 16 heavy (non-hydrogen) atoms. The van der Waals surface area contributed by atoms with Crippen LogP contribution in [0.4, 0.5) is 0 Å². The van der Waals surface area contributed by atoms with E-state index in [-0.39, 0.29) is 12.1 Å². The van der Waals surface area contributed by atoms with E-state index in [4.69, 9.17) is 10.5 Å². The molecule has 1 aromatic rings. The Morgan fingerprint density at radius 1 is 1.25 bits per heavy atom. The van der Waals surface area contributed by atoms with Crippen molar-refractivity contribution < 1.29 is 4.74 Å². The minimum Gasteiger partial charge on any atom is -0.489 e. The van der Waals surface area contributed by atoms with Crippen molar-refractivity contribution in [3.8, 4) is 5.75 Å². The summed E-state index contributed by atoms with van der Waals surface area (Å²) < 4.78 is 5.76. The Morgan fingerprint density at radius 3 is 2.38 bits per heavy atom. The number of aromatic nitrogens is 1. The van der Waals surface area contributed by atoms with E-state index in [0.717, 1.165) is 17.9 Å². The number of hydrogen-bond acceptors (Lipinski definition) is 3. The number of pyridine rings is 1. The Kier molecular flexibility index (Phi) is 4.74. The number of nitrogens with zero attached hydrogens (tertiary/aromatic N) is 1. The molecule has 2 N–H and O–H groups in total. The zero-order valence-corrected chi connectivity index (χ0v) is 10.6. The minimum absolute atomic E-state index is 0.0258. The second-order valence-corrected chi connectivity index (χ2v) is 4.77. The highest BCUT2D eigenvalue weighted by Crippen LogP contribution is 2.16. The molecular formula is C13H22N2O. The molecule has 1 heterocycles. The average Bonchev–Trinajstić information content (AvgIpc) is 2.16. The Bertz CT molecular complexity index is 306. The topological polar surface area (TPSA) is 48.1 Å². The Balaban J connectivity index is 2.55. The van der Waals surface area contributed by atoms with Gasteiger partial charge in [-0.1, -0.05) is 13.8 Å². The summed E-state index contributed by atoms with van der Waals surface area (Å²) in [5, 5.41) is 0. The number of rotatable bonds is 5. The molecule has 2 atom stereocenters. The van der Waals surface area contributed by atoms with E-state index in [9.17, 15) is 0 Å². The lowest BCUT2D eigenvalue weighted by atomic mass is 10.1. The molecule has 1 aromatic heterocycles. The van der Waals surface area contributed by atoms with Gasteiger partial charge in [-0.2, -0.15) is 0 Å². The summed E-state index contributed by atoms with van der Waals surface area (Å²) in [5.74, 6) is 1.46. The van der Waals surface area contributed by atoms with Crippen LogP contribution in [0.25, 0.3) is 0 Å². The van der Waals surface area contributed by atoms with Crippen LogP contribution in [0, 0.1) is 5.92 Å². The summed E-state index contributed by atoms with van der Waals surface area (Å²) in [6.45, 7) is 8.39. The molecule has 0 aromatic carbocycles. The van der Waals surface area contributed by atoms with Crippen molar-refractivity contribution in [3.63, 3.8) is 0 Å². The fraction of sp³-hybridized carbons (Fsp3) is 0.615. The number of nitrogens with two attached hydrogens (primary N) is 1. The van der Waals surface area contributed by atoms with Crippen molar-refractivity contribution in [2.75, 3.05) is 0 Å². The Labute approximate surface area is 98.0 Å². The third-order valence-corrected chi connectivity index (χ3v) is 2.37. The lowest BCUT2D eigenvalue weighted by Gasteiger charge is -2.16. The lowest BCUT2D eigenvalue weighted by Crippen LogP contribution is -2.15. The molecule has 0 aliphatic heterocycles. The van der Waals surface area contributed by atoms with Gasteiger partial charge in [0.15, 0.2) is 0 Å². The van der Waals surface area contributed by atoms with Gasteiger partial charge in [-0.3, -0.25) is 4.98 Å². The smallest absolute Gasteiger partial charge is 0.138 e. The van der Waals surface area contributed by atoms with Crippen LogP contribution in [0.1, 0.15) is 45.9 Å². The van der Waals surface area contributed by atoms with Gasteiger partial charge >= 0.3 is 0 Å². The molecule has 3 nitrogen and oxygen atoms in total. The number of ether oxygens (including phenoxy) is 1. The zero-order valence-electron chi connectivity index (χ0n) is 10.6. The van der Waals surface area contributed by atoms with Gasteiger partial charge < -0.3 is 10.5 Å². The molecule has 0 radical (unpaired) electrons. The quantitative estimate of drug-likeness (QED) is 0.833. The summed E-state index contributed by atoms with van der Waals surface area (Å²) in [6, 6.07) is 3.83. The molecule has 0 aliphatic rings. The van der Waals surface area contributed by atoms with E-state index in [1.807, 2.05) is 19.1 Å². The minimum atomic E-state index is -0.0258. The summed E-state index contributed by atoms with van der Waals surface area (Å²) in [5.41, 5.74) is 6.62. The molecule has 0 saturated heterocycles. The van der Waals surface area contributed by atoms with Crippen LogP contribution >= 0.6 is 0 Å². The SMILES string of the molecule is CC(C)CC(C)Oc1ccc(C(C)N)nc1. The standard InChI is InChI=1S/C13H22N2O/c1-9(2)7-10(3)16-12-5-6-13(11(4)14)15-8-12/h5-6,8-11H,7,14H2,1-4H3. The summed E-state index contributed by atoms with van der Waals surface area (Å²) in [7, 11) is 0. The van der Waals surface area contributed by atoms with E-state index in [2.05, 4.69) is 25.8 Å². The first kappa shape index (κ1) is 13.0. The predicted molar refractivity (Wildman–Crippen MR) is 66.4 cm³/mol. The summed E-state index contributed by atoms with van der Waals surface area (Å²) >= 11 is 0. The second-order valence-electron chi connectivity index (χ2n) is 4.77. The highest BCUT2D eigenvalue weighted by atomic mass is 16.5. The van der Waals surface area contributed by atoms with E-state index < -0.39 is 0 Å². The molecule has 90 valence electrons. The van der Waals surface area contributed by atoms with Crippen LogP contribution in [-0.2, 0) is 0 Å². The zero-order chi connectivity index (χ0) is 12.1. The molecular weight excluding hydrogens is 200 g/mol. The van der Waals surface area contributed by atoms with Crippen molar-refractivity contribution in [2.45, 2.75) is 46.3 Å². The maximum atomic E-state index is 5.76. The van der Waals surface area contributed by atoms with Gasteiger partial charge in [0.25, 0.3) is 0 Å². The van der Waals surface area contributed by atoms with Crippen LogP contribution in [0.3, 0.4) is 0 Å². The van der Waals surface area contributed by atoms with E-state index in [1.165, 1.54) is 0 Å². The summed E-state index contributed by atoms with van der Waals surface area (Å²) in [4.78, 5) is 4.26. The third-order valence-electron chi connectivity index (χ3n) is 2.37. The highest BCUT2D eigenvalue weighted by Gasteiger charge is 2.07. The van der Waals surface area contributed by atoms with E-state index in [1.54, 1.807) is 6.20 Å². The molecule has 0 bridgehead atoms. The highest BCUT2D eigenvalue weighted by molar-refractivity contribution is 5.21. The molecule has 0 amide bonds. The van der Waals surface area contributed by atoms with Crippen LogP contribution in [0.2, 0.25) is 0 Å². The van der Waals surface area contributed by atoms with Gasteiger partial charge in [-0.25, -0.2) is 0 Å². The monoisotopic (exact) mass is 222 g/mol. The van der Waals surface area contributed by atoms with Crippen LogP contribution in [0.5, 0.6) is 5.75 Å². The number of hydrogen-bond donors (Lipinski definition) is 1. The van der Waals surface area contributed by atoms with Gasteiger partial charge in [0.1, 0.15) is 5.75 Å². The van der Waals surface area contributed by atoms with Crippen LogP contribution in [0.15, 0.2) is 18.3 Å². The normalized spacial score (nSPS) is 14.9. The fourth-order valence-corrected chi connectivity index (χ4v) is 1.68. The van der Waals surface area contributed by atoms with Gasteiger partial charge in [0, 0.05) is 6.04 Å². The van der Waals surface area contributed by atoms with Crippen LogP contribution < -0.4 is 10.5 Å². The maximum absolute atomic E-state index is 5.76. The fourth-order valence-electron chi connectivity index (χ4n) is 1.68. The Morgan fingerprint density at radius 2 is 1.94 bits per heavy atom. The van der Waals surface area contributed by atoms with Gasteiger partial charge in [-0.05, 0) is 38.3 Å². The molecule has 0 saturated carbocycles. The molecule has 0 spiro atoms. The van der Waals surface area contributed by atoms with E-state index in [0.29, 0.717) is 5.92 Å². The van der Waals surface area contributed by atoms with Crippen molar-refractivity contribution >= 4 is 0 Å². The lowest BCUT2D eigenvalue weighted by molar-refractivity contribution is 0.192. The molecule has 1 rings (SSSR count). The van der Waals surface area contributed by atoms with Gasteiger partial charge in [0.2, 0.25) is 0 Å². The molecule has 0 aliphatic carbocycles.